The Hall–Kier alpha value is -7.96. The van der Waals surface area contributed by atoms with Crippen LogP contribution >= 0.6 is 0 Å². The summed E-state index contributed by atoms with van der Waals surface area (Å²) in [4.78, 5) is 20.6. The van der Waals surface area contributed by atoms with Crippen molar-refractivity contribution in [3.63, 3.8) is 0 Å². The van der Waals surface area contributed by atoms with Gasteiger partial charge < -0.3 is 4.42 Å². The Kier molecular flexibility index (Phi) is 8.04. The van der Waals surface area contributed by atoms with Gasteiger partial charge in [-0.1, -0.05) is 152 Å². The summed E-state index contributed by atoms with van der Waals surface area (Å²) in [5.41, 5.74) is 12.7. The predicted molar refractivity (Wildman–Crippen MR) is 234 cm³/mol. The highest BCUT2D eigenvalue weighted by Gasteiger charge is 2.20. The highest BCUT2D eigenvalue weighted by molar-refractivity contribution is 6.12. The van der Waals surface area contributed by atoms with E-state index < -0.39 is 0 Å². The molecule has 58 heavy (non-hydrogen) atoms. The number of furan rings is 1. The van der Waals surface area contributed by atoms with Crippen molar-refractivity contribution < 1.29 is 4.42 Å². The molecule has 0 N–H and O–H groups in total. The molecule has 0 spiro atoms. The van der Waals surface area contributed by atoms with Gasteiger partial charge in [-0.3, -0.25) is 4.57 Å². The van der Waals surface area contributed by atoms with E-state index in [9.17, 15) is 0 Å². The second kappa shape index (κ2) is 14.0. The molecule has 6 nitrogen and oxygen atoms in total. The molecule has 272 valence electrons. The van der Waals surface area contributed by atoms with Crippen LogP contribution in [-0.4, -0.2) is 24.5 Å². The minimum atomic E-state index is 0.570. The smallest absolute Gasteiger partial charge is 0.164 e. The SMILES string of the molecule is c1ccc(-c2ccc(-c3nc(-c4cccc(-c5ccccc5)c4)nc(-c4cccc5oc6cc(-c7nc8ccccc8n7-c7ccccc7)ccc6c45)n3)cc2)cc1. The van der Waals surface area contributed by atoms with Crippen molar-refractivity contribution in [2.24, 2.45) is 0 Å². The Morgan fingerprint density at radius 1 is 0.362 bits per heavy atom. The van der Waals surface area contributed by atoms with E-state index in [4.69, 9.17) is 24.4 Å². The molecule has 0 saturated heterocycles. The predicted octanol–water partition coefficient (Wildman–Crippen LogP) is 13.1. The maximum atomic E-state index is 6.64. The van der Waals surface area contributed by atoms with Crippen LogP contribution in [0, 0.1) is 0 Å². The van der Waals surface area contributed by atoms with Gasteiger partial charge in [-0.05, 0) is 70.8 Å². The summed E-state index contributed by atoms with van der Waals surface area (Å²) < 4.78 is 8.84. The third kappa shape index (κ3) is 5.92. The molecule has 11 aromatic rings. The summed E-state index contributed by atoms with van der Waals surface area (Å²) in [7, 11) is 0. The lowest BCUT2D eigenvalue weighted by Crippen LogP contribution is -2.00. The lowest BCUT2D eigenvalue weighted by atomic mass is 10.0. The lowest BCUT2D eigenvalue weighted by molar-refractivity contribution is 0.669. The van der Waals surface area contributed by atoms with Crippen molar-refractivity contribution in [1.29, 1.82) is 0 Å². The van der Waals surface area contributed by atoms with Gasteiger partial charge in [0.2, 0.25) is 0 Å². The van der Waals surface area contributed by atoms with E-state index in [2.05, 4.69) is 168 Å². The van der Waals surface area contributed by atoms with Crippen molar-refractivity contribution >= 4 is 33.0 Å². The number of para-hydroxylation sites is 3. The summed E-state index contributed by atoms with van der Waals surface area (Å²) in [6.07, 6.45) is 0. The fraction of sp³-hybridized carbons (Fsp3) is 0. The van der Waals surface area contributed by atoms with Crippen LogP contribution in [0.15, 0.2) is 205 Å². The summed E-state index contributed by atoms with van der Waals surface area (Å²) in [6, 6.07) is 68.6. The zero-order valence-corrected chi connectivity index (χ0v) is 31.2. The average molecular weight is 744 g/mol. The molecule has 0 amide bonds. The van der Waals surface area contributed by atoms with Crippen LogP contribution in [0.25, 0.3) is 106 Å². The largest absolute Gasteiger partial charge is 0.456 e. The second-order valence-corrected chi connectivity index (χ2v) is 14.3. The highest BCUT2D eigenvalue weighted by Crippen LogP contribution is 2.39. The minimum Gasteiger partial charge on any atom is -0.456 e. The van der Waals surface area contributed by atoms with Gasteiger partial charge in [0.15, 0.2) is 17.5 Å². The van der Waals surface area contributed by atoms with Gasteiger partial charge >= 0.3 is 0 Å². The minimum absolute atomic E-state index is 0.570. The average Bonchev–Trinajstić information content (AvgIpc) is 3.89. The van der Waals surface area contributed by atoms with Crippen molar-refractivity contribution in [2.75, 3.05) is 0 Å². The Bertz CT molecular complexity index is 3260. The van der Waals surface area contributed by atoms with Crippen LogP contribution in [-0.2, 0) is 0 Å². The Morgan fingerprint density at radius 3 is 1.71 bits per heavy atom. The number of imidazole rings is 1. The Balaban J connectivity index is 1.07. The third-order valence-electron chi connectivity index (χ3n) is 10.7. The van der Waals surface area contributed by atoms with Gasteiger partial charge in [-0.2, -0.15) is 0 Å². The number of benzene rings is 8. The van der Waals surface area contributed by atoms with Crippen molar-refractivity contribution in [3.05, 3.63) is 200 Å². The van der Waals surface area contributed by atoms with Gasteiger partial charge in [0.1, 0.15) is 17.0 Å². The number of nitrogens with zero attached hydrogens (tertiary/aromatic N) is 5. The zero-order chi connectivity index (χ0) is 38.4. The Morgan fingerprint density at radius 2 is 0.931 bits per heavy atom. The molecule has 0 bridgehead atoms. The Labute approximate surface area is 334 Å². The topological polar surface area (TPSA) is 69.6 Å². The molecule has 0 saturated carbocycles. The molecule has 3 aromatic heterocycles. The summed E-state index contributed by atoms with van der Waals surface area (Å²) in [6.45, 7) is 0. The summed E-state index contributed by atoms with van der Waals surface area (Å²) >= 11 is 0. The normalized spacial score (nSPS) is 11.4. The van der Waals surface area contributed by atoms with E-state index in [0.29, 0.717) is 17.5 Å². The molecule has 3 heterocycles. The van der Waals surface area contributed by atoms with Crippen LogP contribution in [0.4, 0.5) is 0 Å². The summed E-state index contributed by atoms with van der Waals surface area (Å²) in [5.74, 6) is 2.60. The molecule has 0 fully saturated rings. The molecule has 6 heteroatoms. The zero-order valence-electron chi connectivity index (χ0n) is 31.2. The fourth-order valence-corrected chi connectivity index (χ4v) is 7.87. The van der Waals surface area contributed by atoms with Crippen molar-refractivity contribution in [1.82, 2.24) is 24.5 Å². The van der Waals surface area contributed by atoms with Gasteiger partial charge in [-0.25, -0.2) is 19.9 Å². The van der Waals surface area contributed by atoms with Gasteiger partial charge in [-0.15, -0.1) is 0 Å². The first kappa shape index (κ1) is 33.4. The maximum Gasteiger partial charge on any atom is 0.164 e. The fourth-order valence-electron chi connectivity index (χ4n) is 7.87. The van der Waals surface area contributed by atoms with Crippen LogP contribution in [0.2, 0.25) is 0 Å². The molecule has 8 aromatic carbocycles. The molecule has 0 unspecified atom stereocenters. The molecule has 0 aliphatic rings. The summed E-state index contributed by atoms with van der Waals surface area (Å²) in [5, 5.41) is 1.92. The number of rotatable bonds is 7. The van der Waals surface area contributed by atoms with E-state index in [1.807, 2.05) is 36.4 Å². The van der Waals surface area contributed by atoms with Crippen LogP contribution in [0.1, 0.15) is 0 Å². The number of hydrogen-bond acceptors (Lipinski definition) is 5. The first-order valence-corrected chi connectivity index (χ1v) is 19.3. The number of aromatic nitrogens is 5. The van der Waals surface area contributed by atoms with Crippen molar-refractivity contribution in [2.45, 2.75) is 0 Å². The third-order valence-corrected chi connectivity index (χ3v) is 10.7. The van der Waals surface area contributed by atoms with Crippen LogP contribution in [0.5, 0.6) is 0 Å². The van der Waals surface area contributed by atoms with E-state index in [1.54, 1.807) is 0 Å². The van der Waals surface area contributed by atoms with E-state index in [0.717, 1.165) is 89.0 Å². The van der Waals surface area contributed by atoms with E-state index in [1.165, 1.54) is 0 Å². The standard InChI is InChI=1S/C52H33N5O/c1-4-14-34(15-5-1)36-26-28-37(29-27-36)49-54-50(39-19-12-18-38(32-39)35-16-6-2-7-17-35)56-51(55-49)43-22-13-25-46-48(43)42-31-30-40(33-47(42)58-46)52-53-44-23-10-11-24-45(44)57(52)41-20-8-3-9-21-41/h1-33H. The number of fused-ring (bicyclic) bond motifs is 4. The number of hydrogen-bond donors (Lipinski definition) is 0. The van der Waals surface area contributed by atoms with Gasteiger partial charge in [0.05, 0.1) is 11.0 Å². The monoisotopic (exact) mass is 743 g/mol. The van der Waals surface area contributed by atoms with Crippen LogP contribution < -0.4 is 0 Å². The van der Waals surface area contributed by atoms with Crippen molar-refractivity contribution in [3.8, 4) is 73.5 Å². The quantitative estimate of drug-likeness (QED) is 0.163. The van der Waals surface area contributed by atoms with E-state index >= 15 is 0 Å². The molecule has 0 radical (unpaired) electrons. The van der Waals surface area contributed by atoms with Gasteiger partial charge in [0, 0.05) is 38.7 Å². The van der Waals surface area contributed by atoms with Crippen LogP contribution in [0.3, 0.4) is 0 Å². The first-order valence-electron chi connectivity index (χ1n) is 19.3. The lowest BCUT2D eigenvalue weighted by Gasteiger charge is -2.11. The second-order valence-electron chi connectivity index (χ2n) is 14.3. The van der Waals surface area contributed by atoms with Gasteiger partial charge in [0.25, 0.3) is 0 Å². The molecular weight excluding hydrogens is 711 g/mol. The molecular formula is C52H33N5O. The maximum absolute atomic E-state index is 6.64. The molecule has 0 aliphatic heterocycles. The molecule has 11 rings (SSSR count). The first-order chi connectivity index (χ1) is 28.7. The molecule has 0 atom stereocenters. The van der Waals surface area contributed by atoms with E-state index in [-0.39, 0.29) is 0 Å². The highest BCUT2D eigenvalue weighted by atomic mass is 16.3. The molecule has 0 aliphatic carbocycles.